The van der Waals surface area contributed by atoms with Gasteiger partial charge < -0.3 is 20.0 Å². The molecule has 0 saturated carbocycles. The highest BCUT2D eigenvalue weighted by Crippen LogP contribution is 2.19. The highest BCUT2D eigenvalue weighted by molar-refractivity contribution is 14.0. The molecule has 0 spiro atoms. The summed E-state index contributed by atoms with van der Waals surface area (Å²) in [6.45, 7) is 3.52. The Bertz CT molecular complexity index is 937. The van der Waals surface area contributed by atoms with Crippen LogP contribution in [0.5, 0.6) is 0 Å². The molecule has 0 atom stereocenters. The molecule has 3 aromatic rings. The lowest BCUT2D eigenvalue weighted by atomic mass is 10.2. The first-order chi connectivity index (χ1) is 13.7. The second-order valence-electron chi connectivity index (χ2n) is 6.63. The van der Waals surface area contributed by atoms with E-state index in [0.29, 0.717) is 18.4 Å². The molecule has 1 saturated heterocycles. The highest BCUT2D eigenvalue weighted by Gasteiger charge is 2.18. The summed E-state index contributed by atoms with van der Waals surface area (Å²) in [6.07, 6.45) is 1.62. The van der Waals surface area contributed by atoms with Crippen LogP contribution in [0.2, 0.25) is 0 Å². The Morgan fingerprint density at radius 2 is 1.72 bits per heavy atom. The summed E-state index contributed by atoms with van der Waals surface area (Å²) in [4.78, 5) is 13.2. The van der Waals surface area contributed by atoms with Crippen LogP contribution in [0.25, 0.3) is 11.5 Å². The Labute approximate surface area is 186 Å². The molecular weight excluding hydrogens is 484 g/mol. The van der Waals surface area contributed by atoms with Gasteiger partial charge in [-0.05, 0) is 36.4 Å². The first-order valence-corrected chi connectivity index (χ1v) is 9.24. The van der Waals surface area contributed by atoms with Gasteiger partial charge in [0, 0.05) is 37.4 Å². The molecule has 0 radical (unpaired) electrons. The van der Waals surface area contributed by atoms with Crippen molar-refractivity contribution in [3.8, 4) is 11.5 Å². The normalized spacial score (nSPS) is 14.6. The lowest BCUT2D eigenvalue weighted by molar-refractivity contribution is 0.380. The highest BCUT2D eigenvalue weighted by atomic mass is 127. The average Bonchev–Trinajstić information content (AvgIpc) is 3.22. The van der Waals surface area contributed by atoms with Gasteiger partial charge in [-0.2, -0.15) is 0 Å². The molecule has 0 unspecified atom stereocenters. The Balaban J connectivity index is 0.00000240. The number of oxazole rings is 1. The summed E-state index contributed by atoms with van der Waals surface area (Å²) in [5.74, 6) is 0.863. The Hall–Kier alpha value is -2.62. The largest absolute Gasteiger partial charge is 0.444 e. The third-order valence-corrected chi connectivity index (χ3v) is 4.77. The van der Waals surface area contributed by atoms with E-state index < -0.39 is 0 Å². The minimum Gasteiger partial charge on any atom is -0.444 e. The van der Waals surface area contributed by atoms with E-state index in [2.05, 4.69) is 19.8 Å². The zero-order chi connectivity index (χ0) is 19.3. The standard InChI is InChI=1S/C21H22FN5O.HI/c22-17-6-8-19(9-7-17)26-10-12-27(13-11-26)21(23)24-14-18-15-28-20(25-18)16-4-2-1-3-5-16;/h1-9,15H,10-14H2,(H2,23,24);1H. The number of piperazine rings is 1. The fraction of sp³-hybridized carbons (Fsp3) is 0.238. The molecule has 2 aromatic carbocycles. The van der Waals surface area contributed by atoms with Gasteiger partial charge >= 0.3 is 0 Å². The summed E-state index contributed by atoms with van der Waals surface area (Å²) in [7, 11) is 0. The van der Waals surface area contributed by atoms with E-state index in [1.54, 1.807) is 18.4 Å². The van der Waals surface area contributed by atoms with Crippen LogP contribution in [0.4, 0.5) is 10.1 Å². The molecule has 152 valence electrons. The second kappa shape index (κ2) is 9.73. The van der Waals surface area contributed by atoms with Crippen molar-refractivity contribution in [2.24, 2.45) is 10.7 Å². The van der Waals surface area contributed by atoms with Crippen molar-refractivity contribution in [1.29, 1.82) is 0 Å². The van der Waals surface area contributed by atoms with Gasteiger partial charge in [0.25, 0.3) is 0 Å². The van der Waals surface area contributed by atoms with Gasteiger partial charge in [-0.25, -0.2) is 14.4 Å². The van der Waals surface area contributed by atoms with Crippen molar-refractivity contribution in [3.63, 3.8) is 0 Å². The predicted molar refractivity (Wildman–Crippen MR) is 123 cm³/mol. The van der Waals surface area contributed by atoms with E-state index in [1.165, 1.54) is 12.1 Å². The molecule has 6 nitrogen and oxygen atoms in total. The second-order valence-corrected chi connectivity index (χ2v) is 6.63. The number of halogens is 2. The number of benzene rings is 2. The van der Waals surface area contributed by atoms with Crippen LogP contribution in [-0.4, -0.2) is 42.0 Å². The van der Waals surface area contributed by atoms with E-state index in [0.717, 1.165) is 43.1 Å². The summed E-state index contributed by atoms with van der Waals surface area (Å²) in [5.41, 5.74) is 8.86. The van der Waals surface area contributed by atoms with Gasteiger partial charge in [-0.15, -0.1) is 24.0 Å². The minimum atomic E-state index is -0.220. The first kappa shape index (κ1) is 21.1. The minimum absolute atomic E-state index is 0. The summed E-state index contributed by atoms with van der Waals surface area (Å²) in [6, 6.07) is 16.3. The number of hydrogen-bond acceptors (Lipinski definition) is 4. The number of anilines is 1. The molecule has 0 bridgehead atoms. The molecule has 0 aliphatic carbocycles. The van der Waals surface area contributed by atoms with Gasteiger partial charge in [0.05, 0.1) is 6.54 Å². The van der Waals surface area contributed by atoms with Crippen LogP contribution < -0.4 is 10.6 Å². The fourth-order valence-corrected chi connectivity index (χ4v) is 3.20. The van der Waals surface area contributed by atoms with Crippen molar-refractivity contribution in [3.05, 3.63) is 72.4 Å². The summed E-state index contributed by atoms with van der Waals surface area (Å²) >= 11 is 0. The number of aromatic nitrogens is 1. The lowest BCUT2D eigenvalue weighted by Crippen LogP contribution is -2.51. The van der Waals surface area contributed by atoms with E-state index in [-0.39, 0.29) is 29.8 Å². The SMILES string of the molecule is I.NC(=NCc1coc(-c2ccccc2)n1)N1CCN(c2ccc(F)cc2)CC1. The molecule has 8 heteroatoms. The third kappa shape index (κ3) is 5.26. The molecule has 1 fully saturated rings. The molecule has 1 aliphatic rings. The fourth-order valence-electron chi connectivity index (χ4n) is 3.20. The van der Waals surface area contributed by atoms with Crippen LogP contribution in [-0.2, 0) is 6.54 Å². The third-order valence-electron chi connectivity index (χ3n) is 4.77. The molecule has 1 aromatic heterocycles. The number of aliphatic imine (C=N–C) groups is 1. The zero-order valence-electron chi connectivity index (χ0n) is 15.9. The smallest absolute Gasteiger partial charge is 0.226 e. The van der Waals surface area contributed by atoms with Gasteiger partial charge in [0.1, 0.15) is 17.8 Å². The number of hydrogen-bond donors (Lipinski definition) is 1. The maximum absolute atomic E-state index is 13.1. The van der Waals surface area contributed by atoms with Crippen LogP contribution in [0, 0.1) is 5.82 Å². The molecule has 2 N–H and O–H groups in total. The van der Waals surface area contributed by atoms with E-state index in [4.69, 9.17) is 10.2 Å². The Morgan fingerprint density at radius 1 is 1.03 bits per heavy atom. The number of nitrogens with two attached hydrogens (primary N) is 1. The maximum Gasteiger partial charge on any atom is 0.226 e. The molecule has 2 heterocycles. The summed E-state index contributed by atoms with van der Waals surface area (Å²) < 4.78 is 18.6. The zero-order valence-corrected chi connectivity index (χ0v) is 18.2. The van der Waals surface area contributed by atoms with Gasteiger partial charge in [-0.1, -0.05) is 18.2 Å². The monoisotopic (exact) mass is 507 g/mol. The average molecular weight is 507 g/mol. The van der Waals surface area contributed by atoms with Gasteiger partial charge in [0.2, 0.25) is 5.89 Å². The van der Waals surface area contributed by atoms with Crippen molar-refractivity contribution >= 4 is 35.6 Å². The number of rotatable bonds is 4. The van der Waals surface area contributed by atoms with Crippen molar-refractivity contribution in [2.75, 3.05) is 31.1 Å². The van der Waals surface area contributed by atoms with Crippen LogP contribution in [0.3, 0.4) is 0 Å². The van der Waals surface area contributed by atoms with Crippen LogP contribution >= 0.6 is 24.0 Å². The maximum atomic E-state index is 13.1. The predicted octanol–water partition coefficient (Wildman–Crippen LogP) is 3.74. The number of guanidine groups is 1. The lowest BCUT2D eigenvalue weighted by Gasteiger charge is -2.36. The number of nitrogens with zero attached hydrogens (tertiary/aromatic N) is 4. The molecule has 29 heavy (non-hydrogen) atoms. The summed E-state index contributed by atoms with van der Waals surface area (Å²) in [5, 5.41) is 0. The van der Waals surface area contributed by atoms with E-state index in [9.17, 15) is 4.39 Å². The van der Waals surface area contributed by atoms with Gasteiger partial charge in [-0.3, -0.25) is 0 Å². The quantitative estimate of drug-likeness (QED) is 0.331. The van der Waals surface area contributed by atoms with Crippen LogP contribution in [0.1, 0.15) is 5.69 Å². The molecule has 1 aliphatic heterocycles. The van der Waals surface area contributed by atoms with Crippen molar-refractivity contribution in [2.45, 2.75) is 6.54 Å². The molecule has 4 rings (SSSR count). The van der Waals surface area contributed by atoms with Crippen LogP contribution in [0.15, 0.2) is 70.3 Å². The molecule has 0 amide bonds. The van der Waals surface area contributed by atoms with Gasteiger partial charge in [0.15, 0.2) is 5.96 Å². The Morgan fingerprint density at radius 3 is 2.41 bits per heavy atom. The van der Waals surface area contributed by atoms with E-state index in [1.807, 2.05) is 30.3 Å². The van der Waals surface area contributed by atoms with E-state index >= 15 is 0 Å². The topological polar surface area (TPSA) is 70.9 Å². The molecular formula is C21H23FIN5O. The van der Waals surface area contributed by atoms with Crippen molar-refractivity contribution in [1.82, 2.24) is 9.88 Å². The first-order valence-electron chi connectivity index (χ1n) is 9.24. The van der Waals surface area contributed by atoms with Crippen molar-refractivity contribution < 1.29 is 8.81 Å². The Kier molecular flexibility index (Phi) is 7.08.